The van der Waals surface area contributed by atoms with Crippen molar-refractivity contribution < 1.29 is 13.5 Å². The third-order valence-corrected chi connectivity index (χ3v) is 6.00. The van der Waals surface area contributed by atoms with E-state index in [9.17, 15) is 8.42 Å². The first-order chi connectivity index (χ1) is 9.73. The van der Waals surface area contributed by atoms with Crippen LogP contribution in [0.4, 0.5) is 0 Å². The van der Waals surface area contributed by atoms with E-state index in [-0.39, 0.29) is 28.0 Å². The summed E-state index contributed by atoms with van der Waals surface area (Å²) in [5.74, 6) is 0. The SMILES string of the molecule is CC1(C)CCCC(NS(=O)(=O)c2cc(CO)ccc2Cl)C1. The molecule has 1 saturated carbocycles. The molecular weight excluding hydrogens is 310 g/mol. The van der Waals surface area contributed by atoms with Gasteiger partial charge in [0.25, 0.3) is 0 Å². The van der Waals surface area contributed by atoms with Crippen molar-refractivity contribution in [1.82, 2.24) is 4.72 Å². The Kier molecular flexibility index (Phi) is 4.98. The van der Waals surface area contributed by atoms with Crippen LogP contribution < -0.4 is 4.72 Å². The van der Waals surface area contributed by atoms with E-state index < -0.39 is 10.0 Å². The van der Waals surface area contributed by atoms with Crippen LogP contribution in [0.3, 0.4) is 0 Å². The topological polar surface area (TPSA) is 66.4 Å². The zero-order valence-electron chi connectivity index (χ0n) is 12.4. The van der Waals surface area contributed by atoms with Gasteiger partial charge >= 0.3 is 0 Å². The molecule has 118 valence electrons. The molecule has 0 radical (unpaired) electrons. The Labute approximate surface area is 131 Å². The zero-order valence-corrected chi connectivity index (χ0v) is 14.0. The summed E-state index contributed by atoms with van der Waals surface area (Å²) in [4.78, 5) is 0.0408. The largest absolute Gasteiger partial charge is 0.392 e. The fourth-order valence-corrected chi connectivity index (χ4v) is 4.75. The Hall–Kier alpha value is -0.620. The molecule has 0 aromatic heterocycles. The number of sulfonamides is 1. The van der Waals surface area contributed by atoms with Gasteiger partial charge in [-0.25, -0.2) is 13.1 Å². The van der Waals surface area contributed by atoms with Gasteiger partial charge in [-0.15, -0.1) is 0 Å². The lowest BCUT2D eigenvalue weighted by atomic mass is 9.75. The normalized spacial score (nSPS) is 22.2. The molecule has 6 heteroatoms. The van der Waals surface area contributed by atoms with Crippen molar-refractivity contribution in [3.05, 3.63) is 28.8 Å². The molecule has 0 spiro atoms. The predicted molar refractivity (Wildman–Crippen MR) is 83.7 cm³/mol. The highest BCUT2D eigenvalue weighted by Crippen LogP contribution is 2.36. The minimum absolute atomic E-state index is 0.0408. The molecule has 1 aromatic rings. The lowest BCUT2D eigenvalue weighted by molar-refractivity contribution is 0.212. The van der Waals surface area contributed by atoms with E-state index in [0.717, 1.165) is 25.7 Å². The van der Waals surface area contributed by atoms with Crippen molar-refractivity contribution in [3.63, 3.8) is 0 Å². The smallest absolute Gasteiger partial charge is 0.242 e. The summed E-state index contributed by atoms with van der Waals surface area (Å²) in [6.45, 7) is 4.11. The zero-order chi connectivity index (χ0) is 15.7. The van der Waals surface area contributed by atoms with Crippen LogP contribution in [0.15, 0.2) is 23.1 Å². The first-order valence-electron chi connectivity index (χ1n) is 7.15. The molecule has 1 unspecified atom stereocenters. The van der Waals surface area contributed by atoms with E-state index in [1.807, 2.05) is 0 Å². The van der Waals surface area contributed by atoms with Crippen LogP contribution in [0.5, 0.6) is 0 Å². The molecule has 1 aliphatic carbocycles. The lowest BCUT2D eigenvalue weighted by Gasteiger charge is -2.35. The van der Waals surface area contributed by atoms with Crippen molar-refractivity contribution >= 4 is 21.6 Å². The van der Waals surface area contributed by atoms with E-state index in [2.05, 4.69) is 18.6 Å². The number of aliphatic hydroxyl groups is 1. The van der Waals surface area contributed by atoms with Crippen LogP contribution in [0.2, 0.25) is 5.02 Å². The van der Waals surface area contributed by atoms with Crippen LogP contribution in [0, 0.1) is 5.41 Å². The van der Waals surface area contributed by atoms with Gasteiger partial charge in [-0.1, -0.05) is 37.9 Å². The average molecular weight is 332 g/mol. The third-order valence-electron chi connectivity index (χ3n) is 3.99. The van der Waals surface area contributed by atoms with E-state index in [1.165, 1.54) is 12.1 Å². The molecule has 0 heterocycles. The first kappa shape index (κ1) is 16.7. The molecule has 1 fully saturated rings. The Morgan fingerprint density at radius 3 is 2.76 bits per heavy atom. The summed E-state index contributed by atoms with van der Waals surface area (Å²) < 4.78 is 27.8. The second-order valence-electron chi connectivity index (χ2n) is 6.50. The van der Waals surface area contributed by atoms with Gasteiger partial charge in [0, 0.05) is 6.04 Å². The van der Waals surface area contributed by atoms with Gasteiger partial charge in [-0.05, 0) is 42.4 Å². The van der Waals surface area contributed by atoms with E-state index in [4.69, 9.17) is 16.7 Å². The Morgan fingerprint density at radius 2 is 2.14 bits per heavy atom. The Balaban J connectivity index is 2.22. The quantitative estimate of drug-likeness (QED) is 0.891. The first-order valence-corrected chi connectivity index (χ1v) is 9.01. The Morgan fingerprint density at radius 1 is 1.43 bits per heavy atom. The number of halogens is 1. The van der Waals surface area contributed by atoms with Crippen molar-refractivity contribution in [3.8, 4) is 0 Å². The molecule has 1 atom stereocenters. The molecule has 1 aliphatic rings. The lowest BCUT2D eigenvalue weighted by Crippen LogP contribution is -2.40. The van der Waals surface area contributed by atoms with Crippen molar-refractivity contribution in [1.29, 1.82) is 0 Å². The fraction of sp³-hybridized carbons (Fsp3) is 0.600. The summed E-state index contributed by atoms with van der Waals surface area (Å²) in [7, 11) is -3.67. The molecule has 21 heavy (non-hydrogen) atoms. The van der Waals surface area contributed by atoms with Crippen molar-refractivity contribution in [2.45, 2.75) is 57.1 Å². The molecule has 4 nitrogen and oxygen atoms in total. The summed E-state index contributed by atoms with van der Waals surface area (Å²) in [6.07, 6.45) is 3.81. The number of rotatable bonds is 4. The monoisotopic (exact) mass is 331 g/mol. The molecule has 2 N–H and O–H groups in total. The number of benzene rings is 1. The minimum Gasteiger partial charge on any atom is -0.392 e. The molecular formula is C15H22ClNO3S. The highest BCUT2D eigenvalue weighted by Gasteiger charge is 2.31. The van der Waals surface area contributed by atoms with Crippen LogP contribution in [0.25, 0.3) is 0 Å². The van der Waals surface area contributed by atoms with E-state index >= 15 is 0 Å². The molecule has 0 saturated heterocycles. The Bertz CT molecular complexity index is 613. The van der Waals surface area contributed by atoms with Gasteiger partial charge in [0.05, 0.1) is 11.6 Å². The van der Waals surface area contributed by atoms with Gasteiger partial charge in [-0.2, -0.15) is 0 Å². The van der Waals surface area contributed by atoms with Crippen LogP contribution >= 0.6 is 11.6 Å². The summed E-state index contributed by atoms with van der Waals surface area (Å²) >= 11 is 6.01. The number of hydrogen-bond acceptors (Lipinski definition) is 3. The minimum atomic E-state index is -3.67. The second-order valence-corrected chi connectivity index (χ2v) is 8.59. The fourth-order valence-electron chi connectivity index (χ4n) is 2.93. The van der Waals surface area contributed by atoms with Crippen LogP contribution in [-0.2, 0) is 16.6 Å². The van der Waals surface area contributed by atoms with Gasteiger partial charge in [0.15, 0.2) is 0 Å². The van der Waals surface area contributed by atoms with Gasteiger partial charge < -0.3 is 5.11 Å². The standard InChI is InChI=1S/C15H22ClNO3S/c1-15(2)7-3-4-12(9-15)17-21(19,20)14-8-11(10-18)5-6-13(14)16/h5-6,8,12,17-18H,3-4,7,9-10H2,1-2H3. The number of nitrogens with one attached hydrogen (secondary N) is 1. The van der Waals surface area contributed by atoms with Crippen molar-refractivity contribution in [2.75, 3.05) is 0 Å². The van der Waals surface area contributed by atoms with Gasteiger partial charge in [0.2, 0.25) is 10.0 Å². The maximum Gasteiger partial charge on any atom is 0.242 e. The van der Waals surface area contributed by atoms with Crippen LogP contribution in [0.1, 0.15) is 45.1 Å². The average Bonchev–Trinajstić information content (AvgIpc) is 2.37. The summed E-state index contributed by atoms with van der Waals surface area (Å²) in [5.41, 5.74) is 0.686. The molecule has 2 rings (SSSR count). The maximum atomic E-state index is 12.5. The second kappa shape index (κ2) is 6.24. The molecule has 0 bridgehead atoms. The summed E-state index contributed by atoms with van der Waals surface area (Å²) in [6, 6.07) is 4.49. The van der Waals surface area contributed by atoms with E-state index in [0.29, 0.717) is 5.56 Å². The highest BCUT2D eigenvalue weighted by atomic mass is 35.5. The van der Waals surface area contributed by atoms with Gasteiger partial charge in [0.1, 0.15) is 4.90 Å². The molecule has 0 aliphatic heterocycles. The molecule has 0 amide bonds. The van der Waals surface area contributed by atoms with Crippen molar-refractivity contribution in [2.24, 2.45) is 5.41 Å². The number of aliphatic hydroxyl groups excluding tert-OH is 1. The maximum absolute atomic E-state index is 12.5. The third kappa shape index (κ3) is 4.19. The highest BCUT2D eigenvalue weighted by molar-refractivity contribution is 7.89. The number of hydrogen-bond donors (Lipinski definition) is 2. The van der Waals surface area contributed by atoms with Crippen LogP contribution in [-0.4, -0.2) is 19.6 Å². The molecule has 1 aromatic carbocycles. The predicted octanol–water partition coefficient (Wildman–Crippen LogP) is 3.08. The van der Waals surface area contributed by atoms with E-state index in [1.54, 1.807) is 6.07 Å². The summed E-state index contributed by atoms with van der Waals surface area (Å²) in [5, 5.41) is 9.33. The van der Waals surface area contributed by atoms with Gasteiger partial charge in [-0.3, -0.25) is 0 Å².